The van der Waals surface area contributed by atoms with E-state index in [2.05, 4.69) is 27.3 Å². The molecule has 0 bridgehead atoms. The highest BCUT2D eigenvalue weighted by molar-refractivity contribution is 5.94. The topological polar surface area (TPSA) is 113 Å². The lowest BCUT2D eigenvalue weighted by molar-refractivity contribution is 0.0383. The molecule has 9 heteroatoms. The second-order valence-corrected chi connectivity index (χ2v) is 11.5. The minimum atomic E-state index is -1.36. The summed E-state index contributed by atoms with van der Waals surface area (Å²) in [6.07, 6.45) is 1.32. The molecule has 0 aliphatic carbocycles. The van der Waals surface area contributed by atoms with Gasteiger partial charge in [-0.05, 0) is 60.4 Å². The standard InChI is InChI=1S/C37H39N3O6/c41-35(38-18-19-40-20-23-44-24-21-40)29-11-3-7-26(25-29)16-17-28-10-4-13-31-32(36(39-34(28)31)46-37(42)43)14-6-22-45-33-15-5-9-27-8-1-2-12-30(27)33/h1-5,7-13,15,25,39H,6,14,16-24H2,(H,38,41)(H,42,43). The van der Waals surface area contributed by atoms with E-state index in [1.54, 1.807) is 0 Å². The number of carbonyl (C=O) groups excluding carboxylic acids is 1. The number of aromatic nitrogens is 1. The Balaban J connectivity index is 1.10. The molecule has 0 spiro atoms. The molecular weight excluding hydrogens is 582 g/mol. The average molecular weight is 622 g/mol. The van der Waals surface area contributed by atoms with Gasteiger partial charge in [-0.3, -0.25) is 9.69 Å². The number of ether oxygens (including phenoxy) is 3. The second kappa shape index (κ2) is 14.9. The number of fused-ring (bicyclic) bond motifs is 2. The second-order valence-electron chi connectivity index (χ2n) is 11.5. The van der Waals surface area contributed by atoms with Crippen LogP contribution in [0.25, 0.3) is 21.7 Å². The van der Waals surface area contributed by atoms with Crippen molar-refractivity contribution in [3.63, 3.8) is 0 Å². The van der Waals surface area contributed by atoms with Crippen LogP contribution in [0.2, 0.25) is 0 Å². The van der Waals surface area contributed by atoms with Gasteiger partial charge in [0.1, 0.15) is 5.75 Å². The predicted octanol–water partition coefficient (Wildman–Crippen LogP) is 6.24. The third kappa shape index (κ3) is 7.67. The largest absolute Gasteiger partial charge is 0.512 e. The van der Waals surface area contributed by atoms with Crippen LogP contribution in [0.4, 0.5) is 4.79 Å². The number of nitrogens with one attached hydrogen (secondary N) is 2. The minimum Gasteiger partial charge on any atom is -0.493 e. The number of aromatic amines is 1. The summed E-state index contributed by atoms with van der Waals surface area (Å²) in [7, 11) is 0. The van der Waals surface area contributed by atoms with E-state index < -0.39 is 6.16 Å². The number of aryl methyl sites for hydroxylation is 3. The third-order valence-corrected chi connectivity index (χ3v) is 8.45. The van der Waals surface area contributed by atoms with Crippen molar-refractivity contribution in [3.8, 4) is 11.6 Å². The molecule has 2 heterocycles. The molecule has 0 atom stereocenters. The molecule has 5 aromatic rings. The monoisotopic (exact) mass is 621 g/mol. The first kappa shape index (κ1) is 31.1. The molecule has 0 saturated carbocycles. The highest BCUT2D eigenvalue weighted by Crippen LogP contribution is 2.32. The average Bonchev–Trinajstić information content (AvgIpc) is 3.43. The van der Waals surface area contributed by atoms with Crippen LogP contribution in [-0.2, 0) is 24.0 Å². The fourth-order valence-electron chi connectivity index (χ4n) is 6.10. The predicted molar refractivity (Wildman–Crippen MR) is 178 cm³/mol. The van der Waals surface area contributed by atoms with Crippen molar-refractivity contribution in [2.75, 3.05) is 46.0 Å². The number of amides is 1. The fourth-order valence-corrected chi connectivity index (χ4v) is 6.10. The Kier molecular flexibility index (Phi) is 10.1. The van der Waals surface area contributed by atoms with Gasteiger partial charge in [-0.2, -0.15) is 0 Å². The zero-order valence-electron chi connectivity index (χ0n) is 25.8. The van der Waals surface area contributed by atoms with Crippen LogP contribution in [0.15, 0.2) is 84.9 Å². The molecule has 6 rings (SSSR count). The molecule has 1 aliphatic heterocycles. The van der Waals surface area contributed by atoms with Crippen molar-refractivity contribution in [1.82, 2.24) is 15.2 Å². The number of benzene rings is 4. The molecule has 1 fully saturated rings. The number of H-pyrrole nitrogens is 1. The van der Waals surface area contributed by atoms with Crippen molar-refractivity contribution in [1.29, 1.82) is 0 Å². The van der Waals surface area contributed by atoms with Gasteiger partial charge in [-0.15, -0.1) is 0 Å². The minimum absolute atomic E-state index is 0.0777. The maximum Gasteiger partial charge on any atom is 0.512 e. The van der Waals surface area contributed by atoms with Gasteiger partial charge in [0.25, 0.3) is 5.91 Å². The van der Waals surface area contributed by atoms with Crippen LogP contribution in [0, 0.1) is 0 Å². The van der Waals surface area contributed by atoms with Crippen LogP contribution < -0.4 is 14.8 Å². The third-order valence-electron chi connectivity index (χ3n) is 8.45. The number of carbonyl (C=O) groups is 2. The SMILES string of the molecule is O=C(O)Oc1[nH]c2c(CCc3cccc(C(=O)NCCN4CCOCC4)c3)cccc2c1CCCOc1cccc2ccccc12. The Labute approximate surface area is 268 Å². The Morgan fingerprint density at radius 1 is 0.891 bits per heavy atom. The molecule has 1 aromatic heterocycles. The van der Waals surface area contributed by atoms with Crippen molar-refractivity contribution >= 4 is 33.7 Å². The zero-order valence-corrected chi connectivity index (χ0v) is 25.8. The number of para-hydroxylation sites is 1. The van der Waals surface area contributed by atoms with Crippen LogP contribution in [0.1, 0.15) is 33.5 Å². The van der Waals surface area contributed by atoms with E-state index in [-0.39, 0.29) is 11.8 Å². The van der Waals surface area contributed by atoms with Gasteiger partial charge in [-0.25, -0.2) is 4.79 Å². The van der Waals surface area contributed by atoms with Crippen molar-refractivity contribution in [3.05, 3.63) is 107 Å². The van der Waals surface area contributed by atoms with E-state index in [0.717, 1.165) is 83.4 Å². The summed E-state index contributed by atoms with van der Waals surface area (Å²) in [6, 6.07) is 27.9. The first-order chi connectivity index (χ1) is 22.5. The Morgan fingerprint density at radius 2 is 1.67 bits per heavy atom. The smallest absolute Gasteiger partial charge is 0.493 e. The quantitative estimate of drug-likeness (QED) is 0.105. The number of carboxylic acid groups (broad SMARTS) is 1. The molecule has 9 nitrogen and oxygen atoms in total. The molecule has 1 aliphatic rings. The maximum atomic E-state index is 12.8. The molecule has 4 aromatic carbocycles. The molecule has 46 heavy (non-hydrogen) atoms. The number of nitrogens with zero attached hydrogens (tertiary/aromatic N) is 1. The lowest BCUT2D eigenvalue weighted by Crippen LogP contribution is -2.41. The van der Waals surface area contributed by atoms with Gasteiger partial charge in [0.05, 0.1) is 25.3 Å². The maximum absolute atomic E-state index is 12.8. The molecule has 3 N–H and O–H groups in total. The fraction of sp³-hybridized carbons (Fsp3) is 0.297. The summed E-state index contributed by atoms with van der Waals surface area (Å²) in [4.78, 5) is 29.9. The lowest BCUT2D eigenvalue weighted by atomic mass is 9.99. The van der Waals surface area contributed by atoms with Crippen LogP contribution in [0.3, 0.4) is 0 Å². The van der Waals surface area contributed by atoms with Gasteiger partial charge >= 0.3 is 6.16 Å². The Hall–Kier alpha value is -4.86. The molecule has 0 radical (unpaired) electrons. The van der Waals surface area contributed by atoms with E-state index in [1.165, 1.54) is 0 Å². The Bertz CT molecular complexity index is 1800. The summed E-state index contributed by atoms with van der Waals surface area (Å²) < 4.78 is 16.7. The highest BCUT2D eigenvalue weighted by Gasteiger charge is 2.18. The first-order valence-electron chi connectivity index (χ1n) is 15.9. The van der Waals surface area contributed by atoms with Gasteiger partial charge in [0, 0.05) is 48.1 Å². The summed E-state index contributed by atoms with van der Waals surface area (Å²) in [6.45, 7) is 5.14. The van der Waals surface area contributed by atoms with E-state index >= 15 is 0 Å². The molecule has 1 saturated heterocycles. The van der Waals surface area contributed by atoms with Crippen molar-refractivity contribution in [2.24, 2.45) is 0 Å². The van der Waals surface area contributed by atoms with Crippen molar-refractivity contribution < 1.29 is 28.9 Å². The summed E-state index contributed by atoms with van der Waals surface area (Å²) >= 11 is 0. The zero-order chi connectivity index (χ0) is 31.7. The molecule has 1 amide bonds. The lowest BCUT2D eigenvalue weighted by Gasteiger charge is -2.26. The first-order valence-corrected chi connectivity index (χ1v) is 15.9. The number of rotatable bonds is 13. The molecule has 238 valence electrons. The van der Waals surface area contributed by atoms with E-state index in [0.29, 0.717) is 38.0 Å². The van der Waals surface area contributed by atoms with E-state index in [1.807, 2.05) is 72.8 Å². The Morgan fingerprint density at radius 3 is 2.54 bits per heavy atom. The number of hydrogen-bond donors (Lipinski definition) is 3. The van der Waals surface area contributed by atoms with Crippen molar-refractivity contribution in [2.45, 2.75) is 25.7 Å². The van der Waals surface area contributed by atoms with E-state index in [9.17, 15) is 14.7 Å². The summed E-state index contributed by atoms with van der Waals surface area (Å²) in [5.41, 5.74) is 4.42. The van der Waals surface area contributed by atoms with Gasteiger partial charge < -0.3 is 29.6 Å². The van der Waals surface area contributed by atoms with Gasteiger partial charge in [0.15, 0.2) is 0 Å². The highest BCUT2D eigenvalue weighted by atomic mass is 16.7. The number of hydrogen-bond acceptors (Lipinski definition) is 6. The summed E-state index contributed by atoms with van der Waals surface area (Å²) in [5, 5.41) is 15.6. The van der Waals surface area contributed by atoms with Gasteiger partial charge in [0.2, 0.25) is 5.88 Å². The molecule has 0 unspecified atom stereocenters. The summed E-state index contributed by atoms with van der Waals surface area (Å²) in [5.74, 6) is 0.998. The van der Waals surface area contributed by atoms with Crippen LogP contribution in [0.5, 0.6) is 11.6 Å². The number of morpholine rings is 1. The van der Waals surface area contributed by atoms with Crippen LogP contribution >= 0.6 is 0 Å². The van der Waals surface area contributed by atoms with E-state index in [4.69, 9.17) is 14.2 Å². The van der Waals surface area contributed by atoms with Crippen LogP contribution in [-0.4, -0.2) is 73.1 Å². The normalized spacial score (nSPS) is 13.6. The van der Waals surface area contributed by atoms with Gasteiger partial charge in [-0.1, -0.05) is 66.7 Å². The molecular formula is C37H39N3O6.